The first kappa shape index (κ1) is 30.8. The fraction of sp³-hybridized carbons (Fsp3) is 0.310. The monoisotopic (exact) mass is 677 g/mol. The molecule has 3 rings (SSSR count). The van der Waals surface area contributed by atoms with Crippen LogP contribution in [-0.2, 0) is 26.2 Å². The Kier molecular flexibility index (Phi) is 10.0. The van der Waals surface area contributed by atoms with E-state index in [2.05, 4.69) is 37.2 Å². The quantitative estimate of drug-likeness (QED) is 0.299. The summed E-state index contributed by atoms with van der Waals surface area (Å²) < 4.78 is 30.4. The fourth-order valence-corrected chi connectivity index (χ4v) is 5.99. The number of hydrogen-bond acceptors (Lipinski definition) is 4. The molecule has 0 saturated carbocycles. The van der Waals surface area contributed by atoms with Gasteiger partial charge in [0.1, 0.15) is 12.6 Å². The fourth-order valence-electron chi connectivity index (χ4n) is 3.86. The summed E-state index contributed by atoms with van der Waals surface area (Å²) in [6, 6.07) is 19.8. The van der Waals surface area contributed by atoms with Crippen LogP contribution in [0, 0.1) is 6.92 Å². The average molecular weight is 679 g/mol. The molecule has 0 unspecified atom stereocenters. The Morgan fingerprint density at radius 2 is 1.54 bits per heavy atom. The van der Waals surface area contributed by atoms with Gasteiger partial charge in [-0.1, -0.05) is 61.7 Å². The Morgan fingerprint density at radius 1 is 0.923 bits per heavy atom. The molecule has 3 aromatic carbocycles. The van der Waals surface area contributed by atoms with E-state index in [-0.39, 0.29) is 17.3 Å². The summed E-state index contributed by atoms with van der Waals surface area (Å²) in [5, 5.41) is 2.92. The normalized spacial score (nSPS) is 12.5. The van der Waals surface area contributed by atoms with Crippen LogP contribution in [0.25, 0.3) is 0 Å². The van der Waals surface area contributed by atoms with Crippen molar-refractivity contribution >= 4 is 59.4 Å². The van der Waals surface area contributed by atoms with E-state index in [0.717, 1.165) is 24.4 Å². The van der Waals surface area contributed by atoms with Crippen molar-refractivity contribution in [3.63, 3.8) is 0 Å². The third-order valence-corrected chi connectivity index (χ3v) is 8.72. The van der Waals surface area contributed by atoms with Crippen molar-refractivity contribution in [2.75, 3.05) is 10.8 Å². The van der Waals surface area contributed by atoms with Gasteiger partial charge < -0.3 is 10.2 Å². The van der Waals surface area contributed by atoms with Crippen LogP contribution in [0.1, 0.15) is 38.8 Å². The molecule has 10 heteroatoms. The second-order valence-electron chi connectivity index (χ2n) is 10.4. The van der Waals surface area contributed by atoms with E-state index in [9.17, 15) is 18.0 Å². The second-order valence-corrected chi connectivity index (χ2v) is 14.1. The van der Waals surface area contributed by atoms with Gasteiger partial charge in [0, 0.05) is 21.0 Å². The summed E-state index contributed by atoms with van der Waals surface area (Å²) in [6.07, 6.45) is 0. The molecule has 0 spiro atoms. The largest absolute Gasteiger partial charge is 0.350 e. The van der Waals surface area contributed by atoms with Crippen molar-refractivity contribution in [3.8, 4) is 0 Å². The Balaban J connectivity index is 2.03. The Bertz CT molecular complexity index is 1420. The predicted molar refractivity (Wildman–Crippen MR) is 162 cm³/mol. The van der Waals surface area contributed by atoms with E-state index in [0.29, 0.717) is 5.69 Å². The number of amides is 2. The van der Waals surface area contributed by atoms with Crippen LogP contribution in [0.4, 0.5) is 5.69 Å². The smallest absolute Gasteiger partial charge is 0.264 e. The summed E-state index contributed by atoms with van der Waals surface area (Å²) in [5.74, 6) is -0.840. The number of aryl methyl sites for hydroxylation is 1. The van der Waals surface area contributed by atoms with Gasteiger partial charge in [-0.3, -0.25) is 13.9 Å². The molecule has 0 saturated heterocycles. The molecule has 208 valence electrons. The first-order valence-electron chi connectivity index (χ1n) is 12.4. The third-order valence-electron chi connectivity index (χ3n) is 5.91. The van der Waals surface area contributed by atoms with Crippen LogP contribution in [0.5, 0.6) is 0 Å². The molecule has 3 aromatic rings. The molecule has 0 bridgehead atoms. The van der Waals surface area contributed by atoms with Crippen molar-refractivity contribution in [1.82, 2.24) is 10.2 Å². The lowest BCUT2D eigenvalue weighted by Crippen LogP contribution is -2.54. The minimum absolute atomic E-state index is 0.0703. The van der Waals surface area contributed by atoms with Gasteiger partial charge in [-0.05, 0) is 88.7 Å². The molecule has 39 heavy (non-hydrogen) atoms. The summed E-state index contributed by atoms with van der Waals surface area (Å²) in [5.41, 5.74) is 1.54. The van der Waals surface area contributed by atoms with Gasteiger partial charge in [0.15, 0.2) is 0 Å². The van der Waals surface area contributed by atoms with E-state index >= 15 is 0 Å². The zero-order chi connectivity index (χ0) is 29.0. The van der Waals surface area contributed by atoms with Crippen LogP contribution in [0.3, 0.4) is 0 Å². The van der Waals surface area contributed by atoms with Crippen molar-refractivity contribution in [2.24, 2.45) is 0 Å². The highest BCUT2D eigenvalue weighted by Gasteiger charge is 2.33. The van der Waals surface area contributed by atoms with Crippen LogP contribution < -0.4 is 9.62 Å². The van der Waals surface area contributed by atoms with Crippen molar-refractivity contribution in [3.05, 3.63) is 92.9 Å². The Labute approximate surface area is 247 Å². The van der Waals surface area contributed by atoms with Crippen molar-refractivity contribution in [1.29, 1.82) is 0 Å². The number of benzene rings is 3. The lowest BCUT2D eigenvalue weighted by Gasteiger charge is -2.33. The van der Waals surface area contributed by atoms with Gasteiger partial charge in [0.25, 0.3) is 10.0 Å². The molecule has 1 N–H and O–H groups in total. The molecule has 0 heterocycles. The van der Waals surface area contributed by atoms with Gasteiger partial charge in [-0.15, -0.1) is 0 Å². The van der Waals surface area contributed by atoms with Crippen molar-refractivity contribution < 1.29 is 18.0 Å². The zero-order valence-electron chi connectivity index (χ0n) is 22.6. The molecule has 0 aliphatic heterocycles. The minimum atomic E-state index is -4.10. The van der Waals surface area contributed by atoms with Crippen LogP contribution in [0.15, 0.2) is 86.6 Å². The number of nitrogens with zero attached hydrogens (tertiary/aromatic N) is 2. The van der Waals surface area contributed by atoms with Crippen LogP contribution in [0.2, 0.25) is 0 Å². The molecule has 0 aromatic heterocycles. The number of anilines is 1. The first-order valence-corrected chi connectivity index (χ1v) is 15.4. The average Bonchev–Trinajstić information content (AvgIpc) is 2.85. The summed E-state index contributed by atoms with van der Waals surface area (Å²) >= 11 is 6.84. The maximum atomic E-state index is 13.9. The summed E-state index contributed by atoms with van der Waals surface area (Å²) in [6.45, 7) is 8.74. The van der Waals surface area contributed by atoms with Gasteiger partial charge >= 0.3 is 0 Å². The van der Waals surface area contributed by atoms with E-state index in [1.165, 1.54) is 17.0 Å². The number of halogens is 2. The van der Waals surface area contributed by atoms with Gasteiger partial charge in [0.2, 0.25) is 11.8 Å². The summed E-state index contributed by atoms with van der Waals surface area (Å²) in [4.78, 5) is 28.6. The Morgan fingerprint density at radius 3 is 2.10 bits per heavy atom. The molecule has 0 radical (unpaired) electrons. The number of hydrogen-bond donors (Lipinski definition) is 1. The number of carbonyl (C=O) groups excluding carboxylic acids is 2. The number of rotatable bonds is 9. The molecular weight excluding hydrogens is 646 g/mol. The maximum absolute atomic E-state index is 13.9. The van der Waals surface area contributed by atoms with Gasteiger partial charge in [-0.2, -0.15) is 0 Å². The zero-order valence-corrected chi connectivity index (χ0v) is 26.6. The number of nitrogens with one attached hydrogen (secondary N) is 1. The van der Waals surface area contributed by atoms with E-state index in [1.54, 1.807) is 43.3 Å². The van der Waals surface area contributed by atoms with E-state index in [4.69, 9.17) is 0 Å². The molecular formula is C29H33Br2N3O4S. The first-order chi connectivity index (χ1) is 18.2. The van der Waals surface area contributed by atoms with Crippen LogP contribution >= 0.6 is 31.9 Å². The SMILES string of the molecule is Cc1ccc(S(=O)(=O)N(CC(=O)N(Cc2cccc(Br)c2)[C@H](C)C(=O)NC(C)(C)C)c2ccc(Br)cc2)cc1. The van der Waals surface area contributed by atoms with Gasteiger partial charge in [-0.25, -0.2) is 8.42 Å². The van der Waals surface area contributed by atoms with Crippen LogP contribution in [-0.4, -0.2) is 43.3 Å². The predicted octanol–water partition coefficient (Wildman–Crippen LogP) is 6.05. The molecule has 1 atom stereocenters. The third kappa shape index (κ3) is 8.40. The summed E-state index contributed by atoms with van der Waals surface area (Å²) in [7, 11) is -4.10. The second kappa shape index (κ2) is 12.7. The topological polar surface area (TPSA) is 86.8 Å². The minimum Gasteiger partial charge on any atom is -0.350 e. The number of sulfonamides is 1. The lowest BCUT2D eigenvalue weighted by atomic mass is 10.1. The molecule has 0 aliphatic carbocycles. The van der Waals surface area contributed by atoms with E-state index in [1.807, 2.05) is 52.0 Å². The molecule has 7 nitrogen and oxygen atoms in total. The molecule has 2 amide bonds. The lowest BCUT2D eigenvalue weighted by molar-refractivity contribution is -0.140. The highest BCUT2D eigenvalue weighted by atomic mass is 79.9. The standard InChI is InChI=1S/C29H33Br2N3O4S/c1-20-9-15-26(16-10-20)39(37,38)34(25-13-11-23(30)12-14-25)19-27(35)33(18-22-7-6-8-24(31)17-22)21(2)28(36)32-29(3,4)5/h6-17,21H,18-19H2,1-5H3,(H,32,36)/t21-/m1/s1. The van der Waals surface area contributed by atoms with Gasteiger partial charge in [0.05, 0.1) is 10.6 Å². The van der Waals surface area contributed by atoms with E-state index < -0.39 is 34.1 Å². The number of carbonyl (C=O) groups is 2. The highest BCUT2D eigenvalue weighted by Crippen LogP contribution is 2.26. The highest BCUT2D eigenvalue weighted by molar-refractivity contribution is 9.10. The maximum Gasteiger partial charge on any atom is 0.264 e. The van der Waals surface area contributed by atoms with Crippen molar-refractivity contribution in [2.45, 2.75) is 57.6 Å². The Hall–Kier alpha value is -2.69. The molecule has 0 aliphatic rings. The molecule has 0 fully saturated rings.